The summed E-state index contributed by atoms with van der Waals surface area (Å²) in [4.78, 5) is 42.2. The fourth-order valence-electron chi connectivity index (χ4n) is 7.54. The van der Waals surface area contributed by atoms with Gasteiger partial charge in [0, 0.05) is 72.5 Å². The predicted molar refractivity (Wildman–Crippen MR) is 212 cm³/mol. The molecule has 0 atom stereocenters. The quantitative estimate of drug-likeness (QED) is 0.0712. The van der Waals surface area contributed by atoms with Crippen molar-refractivity contribution in [1.29, 1.82) is 0 Å². The number of rotatable bonds is 17. The van der Waals surface area contributed by atoms with Crippen LogP contribution in [0.5, 0.6) is 0 Å². The monoisotopic (exact) mass is 861 g/mol. The Labute approximate surface area is 338 Å². The molecule has 0 aliphatic carbocycles. The second-order valence-corrected chi connectivity index (χ2v) is 19.7. The van der Waals surface area contributed by atoms with E-state index in [1.807, 2.05) is 55.4 Å². The molecule has 3 aliphatic rings. The Morgan fingerprint density at radius 3 is 2.05 bits per heavy atom. The van der Waals surface area contributed by atoms with E-state index in [2.05, 4.69) is 0 Å². The average Bonchev–Trinajstić information content (AvgIpc) is 3.63. The van der Waals surface area contributed by atoms with Gasteiger partial charge < -0.3 is 14.3 Å². The lowest BCUT2D eigenvalue weighted by atomic mass is 9.81. The summed E-state index contributed by atoms with van der Waals surface area (Å²) in [5.74, 6) is -2.30. The lowest BCUT2D eigenvalue weighted by Crippen LogP contribution is -2.31. The van der Waals surface area contributed by atoms with Crippen LogP contribution in [0.1, 0.15) is 90.2 Å². The molecule has 1 fully saturated rings. The molecule has 2 amide bonds. The van der Waals surface area contributed by atoms with Crippen LogP contribution in [-0.4, -0.2) is 90.9 Å². The molecule has 0 radical (unpaired) electrons. The minimum Gasteiger partial charge on any atom is -0.748 e. The summed E-state index contributed by atoms with van der Waals surface area (Å²) in [5, 5.41) is 0.520. The van der Waals surface area contributed by atoms with Crippen molar-refractivity contribution < 1.29 is 62.7 Å². The van der Waals surface area contributed by atoms with Crippen LogP contribution in [-0.2, 0) is 60.4 Å². The maximum Gasteiger partial charge on any atom is 0.333 e. The number of hydrogen-bond acceptors (Lipinski definition) is 12. The highest BCUT2D eigenvalue weighted by atomic mass is 32.2. The number of carbonyl (C=O) groups is 3. The molecule has 2 aromatic carbocycles. The first-order chi connectivity index (χ1) is 26.9. The van der Waals surface area contributed by atoms with Gasteiger partial charge in [0.05, 0.1) is 25.3 Å². The van der Waals surface area contributed by atoms with Crippen LogP contribution in [0.25, 0.3) is 0 Å². The standard InChI is InChI=1S/C39H47N3O13S3/c1-38(2)29-25-27(57(49,50)51)16-18-31(29)40(22-10-6-9-15-37(45)55-42-35(43)20-21-36(42)44)33(38)13-7-5-8-14-34-39(3,4)30-26-28(58(52,53)54)17-19-32(30)41(34)23-11-12-24-56(46,47)48/h5,7-8,13-14,16-19,25-26H,6,9-12,15,20-24H2,1-4H3,(H2-,46,47,48,49,50,51,52,53,54). The number of amides is 2. The largest absolute Gasteiger partial charge is 0.748 e. The summed E-state index contributed by atoms with van der Waals surface area (Å²) in [5.41, 5.74) is 2.82. The van der Waals surface area contributed by atoms with Gasteiger partial charge in [-0.25, -0.2) is 13.2 Å². The highest BCUT2D eigenvalue weighted by Crippen LogP contribution is 2.48. The van der Waals surface area contributed by atoms with Crippen molar-refractivity contribution in [2.75, 3.05) is 23.7 Å². The molecule has 2 aromatic rings. The van der Waals surface area contributed by atoms with Crippen LogP contribution >= 0.6 is 0 Å². The van der Waals surface area contributed by atoms with Gasteiger partial charge in [0.15, 0.2) is 5.71 Å². The minimum absolute atomic E-state index is 0.00295. The van der Waals surface area contributed by atoms with Crippen LogP contribution in [0.3, 0.4) is 0 Å². The Balaban J connectivity index is 1.38. The Morgan fingerprint density at radius 2 is 1.43 bits per heavy atom. The predicted octanol–water partition coefficient (Wildman–Crippen LogP) is 4.84. The number of hydrogen-bond donors (Lipinski definition) is 2. The molecule has 314 valence electrons. The van der Waals surface area contributed by atoms with Gasteiger partial charge in [-0.15, -0.1) is 5.06 Å². The second-order valence-electron chi connectivity index (χ2n) is 15.4. The van der Waals surface area contributed by atoms with Crippen molar-refractivity contribution in [2.45, 2.75) is 99.7 Å². The van der Waals surface area contributed by atoms with Gasteiger partial charge >= 0.3 is 5.97 Å². The van der Waals surface area contributed by atoms with Crippen LogP contribution < -0.4 is 4.90 Å². The third kappa shape index (κ3) is 10.0. The van der Waals surface area contributed by atoms with E-state index < -0.39 is 64.7 Å². The zero-order valence-corrected chi connectivity index (χ0v) is 35.0. The van der Waals surface area contributed by atoms with E-state index in [1.54, 1.807) is 24.3 Å². The molecule has 0 unspecified atom stereocenters. The first-order valence-corrected chi connectivity index (χ1v) is 23.1. The molecule has 3 heterocycles. The van der Waals surface area contributed by atoms with Gasteiger partial charge in [0.25, 0.3) is 32.1 Å². The molecule has 58 heavy (non-hydrogen) atoms. The van der Waals surface area contributed by atoms with E-state index in [-0.39, 0.29) is 35.5 Å². The van der Waals surface area contributed by atoms with E-state index in [9.17, 15) is 53.3 Å². The number of carbonyl (C=O) groups excluding carboxylic acids is 3. The third-order valence-electron chi connectivity index (χ3n) is 10.5. The van der Waals surface area contributed by atoms with Crippen LogP contribution in [0.15, 0.2) is 82.3 Å². The normalized spacial score (nSPS) is 18.6. The molecular formula is C39H47N3O13S3. The van der Waals surface area contributed by atoms with Crippen molar-refractivity contribution in [3.63, 3.8) is 0 Å². The number of anilines is 1. The van der Waals surface area contributed by atoms with Crippen molar-refractivity contribution in [1.82, 2.24) is 5.06 Å². The van der Waals surface area contributed by atoms with E-state index in [0.717, 1.165) is 17.1 Å². The lowest BCUT2D eigenvalue weighted by Gasteiger charge is -2.27. The molecule has 0 aromatic heterocycles. The van der Waals surface area contributed by atoms with Gasteiger partial charge in [0.2, 0.25) is 5.69 Å². The fraction of sp³-hybridized carbons (Fsp3) is 0.436. The minimum atomic E-state index is -4.49. The number of imide groups is 1. The number of fused-ring (bicyclic) bond motifs is 2. The maximum absolute atomic E-state index is 12.3. The molecule has 16 nitrogen and oxygen atoms in total. The van der Waals surface area contributed by atoms with Crippen molar-refractivity contribution >= 4 is 65.2 Å². The second kappa shape index (κ2) is 17.0. The summed E-state index contributed by atoms with van der Waals surface area (Å²) in [7, 11) is -13.4. The Hall–Kier alpha value is -4.53. The van der Waals surface area contributed by atoms with E-state index in [4.69, 9.17) is 4.84 Å². The number of hydroxylamine groups is 2. The van der Waals surface area contributed by atoms with E-state index >= 15 is 0 Å². The number of benzene rings is 2. The highest BCUT2D eigenvalue weighted by molar-refractivity contribution is 7.86. The zero-order chi connectivity index (χ0) is 42.8. The molecule has 3 aliphatic heterocycles. The zero-order valence-electron chi connectivity index (χ0n) is 32.6. The molecular weight excluding hydrogens is 815 g/mol. The highest BCUT2D eigenvalue weighted by Gasteiger charge is 2.45. The lowest BCUT2D eigenvalue weighted by molar-refractivity contribution is -0.438. The number of allylic oxidation sites excluding steroid dienone is 6. The van der Waals surface area contributed by atoms with Crippen LogP contribution in [0.4, 0.5) is 11.4 Å². The van der Waals surface area contributed by atoms with E-state index in [0.29, 0.717) is 60.7 Å². The Bertz CT molecular complexity index is 2450. The van der Waals surface area contributed by atoms with Gasteiger partial charge in [-0.2, -0.15) is 21.4 Å². The molecule has 1 saturated heterocycles. The smallest absolute Gasteiger partial charge is 0.333 e. The Morgan fingerprint density at radius 1 is 0.810 bits per heavy atom. The number of unbranched alkanes of at least 4 members (excludes halogenated alkanes) is 3. The summed E-state index contributed by atoms with van der Waals surface area (Å²) in [6.45, 7) is 8.45. The summed E-state index contributed by atoms with van der Waals surface area (Å²) >= 11 is 0. The van der Waals surface area contributed by atoms with Crippen molar-refractivity contribution in [2.24, 2.45) is 0 Å². The van der Waals surface area contributed by atoms with Crippen LogP contribution in [0.2, 0.25) is 0 Å². The van der Waals surface area contributed by atoms with Gasteiger partial charge in [-0.1, -0.05) is 32.1 Å². The molecule has 0 saturated carbocycles. The summed E-state index contributed by atoms with van der Waals surface area (Å²) in [6.07, 6.45) is 11.2. The molecule has 19 heteroatoms. The first-order valence-electron chi connectivity index (χ1n) is 18.6. The SMILES string of the molecule is CC1(C)C(=CC=CC=CC2=[N+](CCCCCC(=O)ON3C(=O)CCC3=O)c3ccc(S(=O)(=O)O)cc3C2(C)C)N(CCCCS(=O)(=O)[O-])c2ccc(S(=O)(=O)O)cc21. The number of nitrogens with zero attached hydrogens (tertiary/aromatic N) is 3. The molecule has 0 bridgehead atoms. The molecule has 5 rings (SSSR count). The van der Waals surface area contributed by atoms with Crippen LogP contribution in [0, 0.1) is 0 Å². The van der Waals surface area contributed by atoms with Gasteiger partial charge in [-0.05, 0) is 81.5 Å². The maximum atomic E-state index is 12.3. The van der Waals surface area contributed by atoms with E-state index in [1.165, 1.54) is 24.3 Å². The Kier molecular flexibility index (Phi) is 13.1. The van der Waals surface area contributed by atoms with Crippen molar-refractivity contribution in [3.8, 4) is 0 Å². The third-order valence-corrected chi connectivity index (χ3v) is 13.0. The molecule has 0 spiro atoms. The fourth-order valence-corrected chi connectivity index (χ4v) is 9.11. The topological polar surface area (TPSA) is 236 Å². The average molecular weight is 862 g/mol. The van der Waals surface area contributed by atoms with Crippen molar-refractivity contribution in [3.05, 3.63) is 83.6 Å². The molecule has 2 N–H and O–H groups in total. The first kappa shape index (κ1) is 44.6. The van der Waals surface area contributed by atoms with Gasteiger partial charge in [0.1, 0.15) is 6.54 Å². The summed E-state index contributed by atoms with van der Waals surface area (Å²) < 4.78 is 103. The van der Waals surface area contributed by atoms with Gasteiger partial charge in [-0.3, -0.25) is 18.7 Å². The summed E-state index contributed by atoms with van der Waals surface area (Å²) in [6, 6.07) is 8.70.